The SMILES string of the molecule is CC.Cc1cc(Cl)ccc1-n1cnc2c(sc3nccc(N(C)C)c32)c1=O. The van der Waals surface area contributed by atoms with Gasteiger partial charge >= 0.3 is 0 Å². The number of rotatable bonds is 2. The van der Waals surface area contributed by atoms with Crippen LogP contribution in [0.4, 0.5) is 5.69 Å². The number of hydrogen-bond acceptors (Lipinski definition) is 5. The fourth-order valence-electron chi connectivity index (χ4n) is 2.97. The van der Waals surface area contributed by atoms with Crippen molar-refractivity contribution in [3.8, 4) is 5.69 Å². The van der Waals surface area contributed by atoms with E-state index in [-0.39, 0.29) is 5.56 Å². The van der Waals surface area contributed by atoms with Gasteiger partial charge in [-0.25, -0.2) is 9.97 Å². The van der Waals surface area contributed by atoms with Gasteiger partial charge in [-0.15, -0.1) is 11.3 Å². The van der Waals surface area contributed by atoms with E-state index < -0.39 is 0 Å². The summed E-state index contributed by atoms with van der Waals surface area (Å²) in [4.78, 5) is 24.9. The van der Waals surface area contributed by atoms with E-state index in [1.54, 1.807) is 23.2 Å². The molecule has 1 aromatic carbocycles. The second kappa shape index (κ2) is 7.66. The molecule has 0 fully saturated rings. The molecule has 7 heteroatoms. The van der Waals surface area contributed by atoms with Crippen LogP contribution in [0.25, 0.3) is 26.1 Å². The molecule has 0 bridgehead atoms. The van der Waals surface area contributed by atoms with Gasteiger partial charge < -0.3 is 4.90 Å². The second-order valence-electron chi connectivity index (χ2n) is 6.03. The molecule has 0 saturated heterocycles. The van der Waals surface area contributed by atoms with Crippen LogP contribution in [0.15, 0.2) is 41.6 Å². The zero-order valence-electron chi connectivity index (χ0n) is 15.9. The number of benzene rings is 1. The molecule has 0 amide bonds. The van der Waals surface area contributed by atoms with Gasteiger partial charge in [0.15, 0.2) is 0 Å². The first-order valence-electron chi connectivity index (χ1n) is 8.70. The highest BCUT2D eigenvalue weighted by Gasteiger charge is 2.17. The van der Waals surface area contributed by atoms with Crippen LogP contribution in [0.2, 0.25) is 5.02 Å². The summed E-state index contributed by atoms with van der Waals surface area (Å²) in [6.07, 6.45) is 3.34. The van der Waals surface area contributed by atoms with Gasteiger partial charge in [-0.1, -0.05) is 25.4 Å². The topological polar surface area (TPSA) is 51.0 Å². The van der Waals surface area contributed by atoms with Crippen LogP contribution in [0.1, 0.15) is 19.4 Å². The zero-order chi connectivity index (χ0) is 19.7. The number of hydrogen-bond donors (Lipinski definition) is 0. The van der Waals surface area contributed by atoms with E-state index in [1.807, 2.05) is 58.0 Å². The molecule has 0 unspecified atom stereocenters. The summed E-state index contributed by atoms with van der Waals surface area (Å²) in [5.41, 5.74) is 3.31. The highest BCUT2D eigenvalue weighted by Crippen LogP contribution is 2.35. The molecule has 0 radical (unpaired) electrons. The second-order valence-corrected chi connectivity index (χ2v) is 7.47. The van der Waals surface area contributed by atoms with Gasteiger partial charge in [0.1, 0.15) is 15.9 Å². The molecule has 5 nitrogen and oxygen atoms in total. The van der Waals surface area contributed by atoms with Crippen LogP contribution in [-0.2, 0) is 0 Å². The molecule has 0 aliphatic heterocycles. The Bertz CT molecular complexity index is 1180. The lowest BCUT2D eigenvalue weighted by atomic mass is 10.2. The van der Waals surface area contributed by atoms with Crippen LogP contribution in [0.5, 0.6) is 0 Å². The van der Waals surface area contributed by atoms with Crippen molar-refractivity contribution >= 4 is 49.1 Å². The van der Waals surface area contributed by atoms with Gasteiger partial charge in [-0.3, -0.25) is 9.36 Å². The van der Waals surface area contributed by atoms with Crippen molar-refractivity contribution in [3.63, 3.8) is 0 Å². The Labute approximate surface area is 166 Å². The fourth-order valence-corrected chi connectivity index (χ4v) is 4.24. The number of anilines is 1. The van der Waals surface area contributed by atoms with Gasteiger partial charge in [-0.2, -0.15) is 0 Å². The number of halogens is 1. The van der Waals surface area contributed by atoms with Gasteiger partial charge in [0.05, 0.1) is 22.3 Å². The standard InChI is InChI=1S/C18H15ClN4OS.C2H6/c1-10-8-11(19)4-5-12(10)23-9-21-15-14-13(22(2)3)6-7-20-17(14)25-16(15)18(23)24;1-2/h4-9H,1-3H3;1-2H3. The Morgan fingerprint density at radius 2 is 1.89 bits per heavy atom. The summed E-state index contributed by atoms with van der Waals surface area (Å²) in [6, 6.07) is 7.38. The molecular weight excluding hydrogens is 380 g/mol. The van der Waals surface area contributed by atoms with Crippen molar-refractivity contribution in [3.05, 3.63) is 57.7 Å². The van der Waals surface area contributed by atoms with E-state index in [4.69, 9.17) is 11.6 Å². The maximum Gasteiger partial charge on any atom is 0.275 e. The zero-order valence-corrected chi connectivity index (χ0v) is 17.5. The van der Waals surface area contributed by atoms with E-state index in [2.05, 4.69) is 9.97 Å². The van der Waals surface area contributed by atoms with Crippen molar-refractivity contribution in [2.45, 2.75) is 20.8 Å². The van der Waals surface area contributed by atoms with Crippen molar-refractivity contribution in [1.82, 2.24) is 14.5 Å². The van der Waals surface area contributed by atoms with Crippen molar-refractivity contribution in [2.75, 3.05) is 19.0 Å². The molecule has 27 heavy (non-hydrogen) atoms. The maximum absolute atomic E-state index is 13.1. The lowest BCUT2D eigenvalue weighted by molar-refractivity contribution is 0.957. The van der Waals surface area contributed by atoms with Crippen LogP contribution < -0.4 is 10.5 Å². The summed E-state index contributed by atoms with van der Waals surface area (Å²) in [7, 11) is 3.94. The van der Waals surface area contributed by atoms with E-state index in [0.29, 0.717) is 15.2 Å². The number of nitrogens with zero attached hydrogens (tertiary/aromatic N) is 4. The number of pyridine rings is 1. The minimum atomic E-state index is -0.0943. The molecule has 0 atom stereocenters. The predicted octanol–water partition coefficient (Wildman–Crippen LogP) is 5.05. The Hall–Kier alpha value is -2.44. The van der Waals surface area contributed by atoms with Crippen LogP contribution in [-0.4, -0.2) is 28.6 Å². The van der Waals surface area contributed by atoms with Gasteiger partial charge in [0.25, 0.3) is 5.56 Å². The van der Waals surface area contributed by atoms with Gasteiger partial charge in [-0.05, 0) is 36.8 Å². The Morgan fingerprint density at radius 1 is 1.15 bits per heavy atom. The average Bonchev–Trinajstić information content (AvgIpc) is 3.04. The van der Waals surface area contributed by atoms with E-state index in [9.17, 15) is 4.79 Å². The average molecular weight is 401 g/mol. The molecule has 3 heterocycles. The Morgan fingerprint density at radius 3 is 2.56 bits per heavy atom. The Balaban J connectivity index is 0.00000102. The van der Waals surface area contributed by atoms with Gasteiger partial charge in [0, 0.05) is 25.3 Å². The predicted molar refractivity (Wildman–Crippen MR) is 116 cm³/mol. The van der Waals surface area contributed by atoms with E-state index in [0.717, 1.165) is 27.2 Å². The summed E-state index contributed by atoms with van der Waals surface area (Å²) in [5, 5.41) is 1.56. The number of aryl methyl sites for hydroxylation is 1. The van der Waals surface area contributed by atoms with Crippen molar-refractivity contribution < 1.29 is 0 Å². The van der Waals surface area contributed by atoms with Crippen molar-refractivity contribution in [1.29, 1.82) is 0 Å². The normalized spacial score (nSPS) is 10.7. The monoisotopic (exact) mass is 400 g/mol. The van der Waals surface area contributed by atoms with E-state index in [1.165, 1.54) is 11.3 Å². The summed E-state index contributed by atoms with van der Waals surface area (Å²) >= 11 is 7.40. The molecule has 4 aromatic rings. The largest absolute Gasteiger partial charge is 0.377 e. The molecular formula is C20H21ClN4OS. The van der Waals surface area contributed by atoms with Crippen LogP contribution >= 0.6 is 22.9 Å². The fraction of sp³-hybridized carbons (Fsp3) is 0.250. The third-order valence-electron chi connectivity index (χ3n) is 4.16. The third-order valence-corrected chi connectivity index (χ3v) is 5.47. The van der Waals surface area contributed by atoms with Gasteiger partial charge in [0.2, 0.25) is 0 Å². The van der Waals surface area contributed by atoms with Crippen LogP contribution in [0.3, 0.4) is 0 Å². The Kier molecular flexibility index (Phi) is 5.48. The smallest absolute Gasteiger partial charge is 0.275 e. The highest BCUT2D eigenvalue weighted by molar-refractivity contribution is 7.25. The quantitative estimate of drug-likeness (QED) is 0.472. The lowest BCUT2D eigenvalue weighted by Crippen LogP contribution is -2.18. The maximum atomic E-state index is 13.1. The highest BCUT2D eigenvalue weighted by atomic mass is 35.5. The summed E-state index contributed by atoms with van der Waals surface area (Å²) in [6.45, 7) is 5.93. The molecule has 0 saturated carbocycles. The first-order chi connectivity index (χ1) is 13.0. The molecule has 0 N–H and O–H groups in total. The number of aromatic nitrogens is 3. The number of thiophene rings is 1. The molecule has 140 valence electrons. The summed E-state index contributed by atoms with van der Waals surface area (Å²) < 4.78 is 2.17. The van der Waals surface area contributed by atoms with E-state index >= 15 is 0 Å². The summed E-state index contributed by atoms with van der Waals surface area (Å²) in [5.74, 6) is 0. The molecule has 3 aromatic heterocycles. The van der Waals surface area contributed by atoms with Crippen molar-refractivity contribution in [2.24, 2.45) is 0 Å². The first-order valence-corrected chi connectivity index (χ1v) is 9.89. The molecule has 0 aliphatic rings. The third kappa shape index (κ3) is 3.31. The molecule has 0 spiro atoms. The lowest BCUT2D eigenvalue weighted by Gasteiger charge is -2.13. The minimum Gasteiger partial charge on any atom is -0.377 e. The molecule has 4 rings (SSSR count). The first kappa shape index (κ1) is 19.3. The molecule has 0 aliphatic carbocycles. The van der Waals surface area contributed by atoms with Crippen LogP contribution in [0, 0.1) is 6.92 Å². The minimum absolute atomic E-state index is 0.0943. The number of fused-ring (bicyclic) bond motifs is 3.